The number of piperazine rings is 1. The molecule has 7 heteroatoms. The summed E-state index contributed by atoms with van der Waals surface area (Å²) < 4.78 is 7.36. The van der Waals surface area contributed by atoms with Crippen LogP contribution in [0, 0.1) is 0 Å². The van der Waals surface area contributed by atoms with E-state index >= 15 is 0 Å². The molecular formula is C22H25N5O2. The number of fused-ring (bicyclic) bond motifs is 2. The summed E-state index contributed by atoms with van der Waals surface area (Å²) in [4.78, 5) is 22.1. The second-order valence-electron chi connectivity index (χ2n) is 7.85. The maximum atomic E-state index is 12.9. The molecule has 3 aromatic rings. The molecule has 0 radical (unpaired) electrons. The molecule has 4 heterocycles. The molecule has 1 aromatic carbocycles. The standard InChI is InChI=1S/C22H25N5O2/c1-15-13-26(8-7-23-15)17-4-6-21-24-18(12-22(28)27(21)14-17)16-3-5-20-19(11-16)25(2)9-10-29-20/h3-6,11-12,14-15,23H,7-10,13H2,1-2H3/t15-/m0/s1. The number of anilines is 2. The number of aromatic nitrogens is 2. The van der Waals surface area contributed by atoms with Crippen LogP contribution in [0.5, 0.6) is 5.75 Å². The van der Waals surface area contributed by atoms with Gasteiger partial charge in [-0.1, -0.05) is 0 Å². The van der Waals surface area contributed by atoms with Crippen LogP contribution < -0.4 is 25.4 Å². The Hall–Kier alpha value is -3.06. The molecule has 2 aliphatic rings. The van der Waals surface area contributed by atoms with Gasteiger partial charge in [0.15, 0.2) is 0 Å². The molecule has 1 N–H and O–H groups in total. The summed E-state index contributed by atoms with van der Waals surface area (Å²) in [5.41, 5.74) is 4.26. The first-order valence-electron chi connectivity index (χ1n) is 10.1. The van der Waals surface area contributed by atoms with E-state index < -0.39 is 0 Å². The molecule has 1 atom stereocenters. The zero-order chi connectivity index (χ0) is 20.0. The number of nitrogens with zero attached hydrogens (tertiary/aromatic N) is 4. The van der Waals surface area contributed by atoms with E-state index in [4.69, 9.17) is 9.72 Å². The maximum absolute atomic E-state index is 12.9. The van der Waals surface area contributed by atoms with Crippen molar-refractivity contribution in [3.63, 3.8) is 0 Å². The SMILES string of the molecule is C[C@H]1CN(c2ccc3nc(-c4ccc5c(c4)N(C)CCO5)cc(=O)n3c2)CCN1. The summed E-state index contributed by atoms with van der Waals surface area (Å²) in [6.45, 7) is 6.51. The van der Waals surface area contributed by atoms with E-state index in [2.05, 4.69) is 28.1 Å². The van der Waals surface area contributed by atoms with Crippen LogP contribution in [0.25, 0.3) is 16.9 Å². The third-order valence-corrected chi connectivity index (χ3v) is 5.73. The van der Waals surface area contributed by atoms with Crippen LogP contribution in [0.4, 0.5) is 11.4 Å². The van der Waals surface area contributed by atoms with Crippen LogP contribution >= 0.6 is 0 Å². The summed E-state index contributed by atoms with van der Waals surface area (Å²) in [7, 11) is 2.05. The number of nitrogens with one attached hydrogen (secondary N) is 1. The first-order valence-corrected chi connectivity index (χ1v) is 10.1. The summed E-state index contributed by atoms with van der Waals surface area (Å²) in [6, 6.07) is 12.0. The highest BCUT2D eigenvalue weighted by atomic mass is 16.5. The molecule has 0 aliphatic carbocycles. The van der Waals surface area contributed by atoms with Gasteiger partial charge in [-0.2, -0.15) is 0 Å². The number of pyridine rings is 1. The molecule has 0 saturated carbocycles. The Morgan fingerprint density at radius 2 is 2.07 bits per heavy atom. The van der Waals surface area contributed by atoms with Crippen molar-refractivity contribution < 1.29 is 4.74 Å². The average molecular weight is 391 g/mol. The third kappa shape index (κ3) is 3.31. The molecule has 0 spiro atoms. The number of rotatable bonds is 2. The fraction of sp³-hybridized carbons (Fsp3) is 0.364. The molecule has 0 amide bonds. The van der Waals surface area contributed by atoms with Gasteiger partial charge in [0.1, 0.15) is 18.0 Å². The van der Waals surface area contributed by atoms with Gasteiger partial charge in [-0.25, -0.2) is 4.98 Å². The number of ether oxygens (including phenoxy) is 1. The van der Waals surface area contributed by atoms with E-state index in [1.165, 1.54) is 0 Å². The zero-order valence-corrected chi connectivity index (χ0v) is 16.8. The largest absolute Gasteiger partial charge is 0.490 e. The normalized spacial score (nSPS) is 19.2. The molecule has 29 heavy (non-hydrogen) atoms. The highest BCUT2D eigenvalue weighted by Crippen LogP contribution is 2.34. The molecular weight excluding hydrogens is 366 g/mol. The average Bonchev–Trinajstić information content (AvgIpc) is 2.73. The van der Waals surface area contributed by atoms with Crippen molar-refractivity contribution in [2.45, 2.75) is 13.0 Å². The molecule has 5 rings (SSSR count). The van der Waals surface area contributed by atoms with Crippen LogP contribution in [-0.2, 0) is 0 Å². The van der Waals surface area contributed by atoms with E-state index in [1.54, 1.807) is 10.5 Å². The predicted molar refractivity (Wildman–Crippen MR) is 115 cm³/mol. The maximum Gasteiger partial charge on any atom is 0.258 e. The quantitative estimate of drug-likeness (QED) is 0.721. The van der Waals surface area contributed by atoms with Crippen LogP contribution in [0.3, 0.4) is 0 Å². The topological polar surface area (TPSA) is 62.1 Å². The molecule has 2 aliphatic heterocycles. The molecule has 0 unspecified atom stereocenters. The minimum Gasteiger partial charge on any atom is -0.490 e. The van der Waals surface area contributed by atoms with Gasteiger partial charge in [0, 0.05) is 50.6 Å². The molecule has 2 aromatic heterocycles. The van der Waals surface area contributed by atoms with Gasteiger partial charge in [-0.15, -0.1) is 0 Å². The fourth-order valence-electron chi connectivity index (χ4n) is 4.10. The number of likely N-dealkylation sites (N-methyl/N-ethyl adjacent to an activating group) is 1. The molecule has 1 saturated heterocycles. The molecule has 0 bridgehead atoms. The highest BCUT2D eigenvalue weighted by molar-refractivity contribution is 5.72. The van der Waals surface area contributed by atoms with E-state index in [9.17, 15) is 4.79 Å². The number of benzene rings is 1. The lowest BCUT2D eigenvalue weighted by atomic mass is 10.1. The van der Waals surface area contributed by atoms with Gasteiger partial charge in [0.25, 0.3) is 5.56 Å². The predicted octanol–water partition coefficient (Wildman–Crippen LogP) is 1.99. The fourth-order valence-corrected chi connectivity index (χ4v) is 4.10. The van der Waals surface area contributed by atoms with Crippen molar-refractivity contribution in [2.24, 2.45) is 0 Å². The molecule has 7 nitrogen and oxygen atoms in total. The van der Waals surface area contributed by atoms with Crippen LogP contribution in [0.2, 0.25) is 0 Å². The first-order chi connectivity index (χ1) is 14.1. The number of hydrogen-bond acceptors (Lipinski definition) is 6. The summed E-state index contributed by atoms with van der Waals surface area (Å²) in [6.07, 6.45) is 1.90. The third-order valence-electron chi connectivity index (χ3n) is 5.73. The molecule has 150 valence electrons. The Labute approximate surface area is 169 Å². The van der Waals surface area contributed by atoms with Crippen molar-refractivity contribution in [1.29, 1.82) is 0 Å². The van der Waals surface area contributed by atoms with E-state index in [1.807, 2.05) is 37.5 Å². The van der Waals surface area contributed by atoms with Gasteiger partial charge in [0.05, 0.1) is 23.6 Å². The van der Waals surface area contributed by atoms with Gasteiger partial charge >= 0.3 is 0 Å². The van der Waals surface area contributed by atoms with Crippen LogP contribution in [0.1, 0.15) is 6.92 Å². The van der Waals surface area contributed by atoms with E-state index in [-0.39, 0.29) is 5.56 Å². The van der Waals surface area contributed by atoms with E-state index in [0.29, 0.717) is 24.0 Å². The van der Waals surface area contributed by atoms with Gasteiger partial charge in [-0.3, -0.25) is 9.20 Å². The second-order valence-corrected chi connectivity index (χ2v) is 7.85. The minimum atomic E-state index is -0.0719. The Bertz CT molecular complexity index is 1130. The van der Waals surface area contributed by atoms with Crippen molar-refractivity contribution in [3.05, 3.63) is 52.9 Å². The Balaban J connectivity index is 1.53. The Morgan fingerprint density at radius 1 is 1.17 bits per heavy atom. The summed E-state index contributed by atoms with van der Waals surface area (Å²) in [5, 5.41) is 3.45. The summed E-state index contributed by atoms with van der Waals surface area (Å²) in [5.74, 6) is 0.870. The van der Waals surface area contributed by atoms with Crippen molar-refractivity contribution in [3.8, 4) is 17.0 Å². The summed E-state index contributed by atoms with van der Waals surface area (Å²) >= 11 is 0. The Morgan fingerprint density at radius 3 is 2.93 bits per heavy atom. The lowest BCUT2D eigenvalue weighted by Gasteiger charge is -2.33. The van der Waals surface area contributed by atoms with Gasteiger partial charge < -0.3 is 19.9 Å². The van der Waals surface area contributed by atoms with Gasteiger partial charge in [0.2, 0.25) is 0 Å². The zero-order valence-electron chi connectivity index (χ0n) is 16.8. The second kappa shape index (κ2) is 7.08. The lowest BCUT2D eigenvalue weighted by Crippen LogP contribution is -2.49. The van der Waals surface area contributed by atoms with Crippen molar-refractivity contribution >= 4 is 17.0 Å². The van der Waals surface area contributed by atoms with Crippen molar-refractivity contribution in [1.82, 2.24) is 14.7 Å². The molecule has 1 fully saturated rings. The number of hydrogen-bond donors (Lipinski definition) is 1. The highest BCUT2D eigenvalue weighted by Gasteiger charge is 2.18. The minimum absolute atomic E-state index is 0.0719. The van der Waals surface area contributed by atoms with E-state index in [0.717, 1.165) is 48.9 Å². The van der Waals surface area contributed by atoms with Crippen molar-refractivity contribution in [2.75, 3.05) is 49.6 Å². The Kier molecular flexibility index (Phi) is 4.39. The van der Waals surface area contributed by atoms with Crippen LogP contribution in [0.15, 0.2) is 47.4 Å². The smallest absolute Gasteiger partial charge is 0.258 e. The van der Waals surface area contributed by atoms with Crippen LogP contribution in [-0.4, -0.2) is 55.3 Å². The lowest BCUT2D eigenvalue weighted by molar-refractivity contribution is 0.311. The monoisotopic (exact) mass is 391 g/mol. The first kappa shape index (κ1) is 18.0. The van der Waals surface area contributed by atoms with Gasteiger partial charge in [-0.05, 0) is 37.3 Å².